The molecule has 0 fully saturated rings. The Labute approximate surface area is 470 Å². The monoisotopic (exact) mass is 967 g/mol. The second kappa shape index (κ2) is 17.2. The van der Waals surface area contributed by atoms with Crippen molar-refractivity contribution in [1.82, 2.24) is 0 Å². The number of hydrogen-bond acceptors (Lipinski definition) is 3. The Morgan fingerprint density at radius 3 is 1.35 bits per heavy atom. The van der Waals surface area contributed by atoms with Gasteiger partial charge in [0.25, 0.3) is 6.71 Å². The van der Waals surface area contributed by atoms with Gasteiger partial charge in [0.15, 0.2) is 0 Å². The van der Waals surface area contributed by atoms with Crippen LogP contribution in [0.15, 0.2) is 193 Å². The highest BCUT2D eigenvalue weighted by atomic mass is 15.2. The minimum absolute atomic E-state index is 0.0504. The predicted molar refractivity (Wildman–Crippen MR) is 313 cm³/mol. The van der Waals surface area contributed by atoms with Crippen molar-refractivity contribution >= 4 is 85.1 Å². The quantitative estimate of drug-likeness (QED) is 0.154. The van der Waals surface area contributed by atoms with Crippen molar-refractivity contribution in [3.05, 3.63) is 216 Å². The molecule has 3 nitrogen and oxygen atoms in total. The fraction of sp³-hybridized carbons (Fsp3) is 0.235. The molecule has 2 heterocycles. The lowest BCUT2D eigenvalue weighted by Crippen LogP contribution is -2.61. The molecule has 2 aliphatic rings. The van der Waals surface area contributed by atoms with Gasteiger partial charge in [-0.15, -0.1) is 0 Å². The molecular formula is C68H68BN3. The van der Waals surface area contributed by atoms with Crippen LogP contribution < -0.4 is 31.1 Å². The number of para-hydroxylation sites is 1. The molecule has 0 aliphatic carbocycles. The maximum atomic E-state index is 10.6. The Balaban J connectivity index is 1.54. The molecule has 72 heavy (non-hydrogen) atoms. The molecule has 2 aliphatic heterocycles. The summed E-state index contributed by atoms with van der Waals surface area (Å²) in [5, 5.41) is -1.17. The van der Waals surface area contributed by atoms with Gasteiger partial charge >= 0.3 is 0 Å². The second-order valence-corrected chi connectivity index (χ2v) is 22.1. The number of nitrogens with zero attached hydrogens (tertiary/aromatic N) is 3. The average molecular weight is 967 g/mol. The van der Waals surface area contributed by atoms with E-state index < -0.39 is 277 Å². The van der Waals surface area contributed by atoms with E-state index in [2.05, 4.69) is 0 Å². The van der Waals surface area contributed by atoms with Crippen LogP contribution in [0.25, 0.3) is 21.9 Å². The molecular weight excluding hydrogens is 870 g/mol. The molecule has 0 bridgehead atoms. The van der Waals surface area contributed by atoms with Crippen LogP contribution in [-0.2, 0) is 21.7 Å². The van der Waals surface area contributed by atoms with Crippen molar-refractivity contribution in [1.29, 1.82) is 0 Å². The first-order chi connectivity index (χ1) is 46.3. The van der Waals surface area contributed by atoms with Crippen LogP contribution in [0.2, 0.25) is 0 Å². The van der Waals surface area contributed by atoms with Crippen LogP contribution in [0.1, 0.15) is 145 Å². The number of benzene rings is 9. The normalized spacial score (nSPS) is 19.1. The highest BCUT2D eigenvalue weighted by Gasteiger charge is 2.45. The Kier molecular flexibility index (Phi) is 5.83. The highest BCUT2D eigenvalue weighted by molar-refractivity contribution is 7.00. The molecule has 9 aromatic rings. The Morgan fingerprint density at radius 1 is 0.403 bits per heavy atom. The van der Waals surface area contributed by atoms with E-state index in [4.69, 9.17) is 8.22 Å². The van der Waals surface area contributed by atoms with Gasteiger partial charge in [0, 0.05) is 45.4 Å². The Morgan fingerprint density at radius 2 is 0.847 bits per heavy atom. The first-order valence-corrected chi connectivity index (χ1v) is 23.6. The van der Waals surface area contributed by atoms with Gasteiger partial charge in [0.1, 0.15) is 0 Å². The van der Waals surface area contributed by atoms with E-state index in [0.717, 1.165) is 20.8 Å². The third kappa shape index (κ3) is 8.29. The van der Waals surface area contributed by atoms with Crippen LogP contribution in [0, 0.1) is 0 Å². The molecule has 0 amide bonds. The molecule has 0 saturated carbocycles. The van der Waals surface area contributed by atoms with E-state index in [0.29, 0.717) is 0 Å². The molecule has 0 unspecified atom stereocenters. The first-order valence-electron chi connectivity index (χ1n) is 38.1. The third-order valence-electron chi connectivity index (χ3n) is 12.7. The van der Waals surface area contributed by atoms with Crippen molar-refractivity contribution in [2.75, 3.05) is 14.7 Å². The third-order valence-corrected chi connectivity index (χ3v) is 12.7. The Bertz CT molecular complexity index is 4980. The second-order valence-electron chi connectivity index (χ2n) is 22.1. The molecule has 0 atom stereocenters. The van der Waals surface area contributed by atoms with Crippen molar-refractivity contribution in [2.24, 2.45) is 0 Å². The zero-order valence-electron chi connectivity index (χ0n) is 71.2. The molecule has 9 aromatic carbocycles. The van der Waals surface area contributed by atoms with Gasteiger partial charge < -0.3 is 14.7 Å². The van der Waals surface area contributed by atoms with E-state index in [1.165, 1.54) is 12.1 Å². The topological polar surface area (TPSA) is 9.72 Å². The summed E-state index contributed by atoms with van der Waals surface area (Å²) in [7, 11) is 0. The van der Waals surface area contributed by atoms with Crippen LogP contribution in [0.4, 0.5) is 51.2 Å². The highest BCUT2D eigenvalue weighted by Crippen LogP contribution is 2.50. The SMILES string of the molecule is [2H]c1c([2H])c([2H])c(-c2c([2H])c([2H])c([2H])c([2H])c2N(c2cc3c4c(c2)N(c2c([2H])c([2H])c(C(C)(C)C)c([2H])c2[2H])c2c([2H])c([2H])c(C(C)(C)C)c([2H])c2B4c2c([2H])c(C(C)(C)C)c([2H])c([2H])c2N3c2c([2H])c([2H])c(C(C)(C)C)c([2H])c2[2H])c2cc([2H])c3c([2H])c([2H])c([2H])c([2H])c3c2[2H])c([2H])c1[2H]. The summed E-state index contributed by atoms with van der Waals surface area (Å²) in [5.74, 6) is 0. The molecule has 0 N–H and O–H groups in total. The van der Waals surface area contributed by atoms with Crippen molar-refractivity contribution in [3.63, 3.8) is 0 Å². The maximum Gasteiger partial charge on any atom is 0.252 e. The van der Waals surface area contributed by atoms with Gasteiger partial charge in [-0.3, -0.25) is 0 Å². The zero-order chi connectivity index (χ0) is 75.7. The predicted octanol–water partition coefficient (Wildman–Crippen LogP) is 17.2. The van der Waals surface area contributed by atoms with E-state index >= 15 is 0 Å². The van der Waals surface area contributed by atoms with Gasteiger partial charge in [-0.1, -0.05) is 210 Å². The number of fused-ring (bicyclic) bond motifs is 5. The van der Waals surface area contributed by atoms with Gasteiger partial charge in [0.2, 0.25) is 0 Å². The molecule has 0 saturated heterocycles. The van der Waals surface area contributed by atoms with Gasteiger partial charge in [-0.05, 0) is 143 Å². The van der Waals surface area contributed by atoms with Crippen molar-refractivity contribution in [2.45, 2.75) is 105 Å². The molecule has 4 heteroatoms. The summed E-state index contributed by atoms with van der Waals surface area (Å²) in [6, 6.07) is -20.1. The van der Waals surface area contributed by atoms with E-state index in [1.807, 2.05) is 0 Å². The van der Waals surface area contributed by atoms with Crippen LogP contribution in [0.3, 0.4) is 0 Å². The van der Waals surface area contributed by atoms with Crippen molar-refractivity contribution < 1.29 is 39.8 Å². The lowest BCUT2D eigenvalue weighted by Gasteiger charge is -2.45. The lowest BCUT2D eigenvalue weighted by atomic mass is 9.33. The lowest BCUT2D eigenvalue weighted by molar-refractivity contribution is 0.590. The minimum atomic E-state index is -1.73. The van der Waals surface area contributed by atoms with Gasteiger partial charge in [-0.2, -0.15) is 0 Å². The largest absolute Gasteiger partial charge is 0.311 e. The van der Waals surface area contributed by atoms with Gasteiger partial charge in [-0.25, -0.2) is 0 Å². The van der Waals surface area contributed by atoms with E-state index in [1.54, 1.807) is 83.1 Å². The standard InChI is InChI=1S/C68H68BN3/c1-65(2,3)48-27-34-52(35-28-48)71-60-38-31-50(67(7,8)9)41-57(60)69-58-42-51(68(10,11)12)32-39-61(58)72(53-36-29-49(30-37-53)66(4,5)6)63-44-55(43-62(71)64(63)69)70(54-33-26-45-20-16-17-23-47(45)40-54)59-25-19-18-24-56(59)46-21-14-13-15-22-46/h13-44H,1-12H3/i13D,14D,15D,16D,17D,18D,19D,20D,21D,22D,23D,24D,25D,26D,27D,28D,29D,30D,31D,32D,34D,35D,36D,37D,38D,39D,40D,41D,42D. The molecule has 11 rings (SSSR count). The average Bonchev–Trinajstić information content (AvgIpc) is 0.671. The summed E-state index contributed by atoms with van der Waals surface area (Å²) < 4.78 is 282. The Hall–Kier alpha value is -7.30. The first kappa shape index (κ1) is 24.4. The fourth-order valence-electron chi connectivity index (χ4n) is 8.83. The fourth-order valence-corrected chi connectivity index (χ4v) is 8.83. The van der Waals surface area contributed by atoms with Crippen LogP contribution >= 0.6 is 0 Å². The molecule has 358 valence electrons. The smallest absolute Gasteiger partial charge is 0.252 e. The molecule has 0 spiro atoms. The van der Waals surface area contributed by atoms with Crippen LogP contribution in [0.5, 0.6) is 0 Å². The summed E-state index contributed by atoms with van der Waals surface area (Å²) in [6.07, 6.45) is 0. The zero-order valence-corrected chi connectivity index (χ0v) is 42.2. The summed E-state index contributed by atoms with van der Waals surface area (Å²) in [6.45, 7) is 18.2. The number of rotatable bonds is 6. The van der Waals surface area contributed by atoms with Crippen LogP contribution in [-0.4, -0.2) is 6.71 Å². The number of hydrogen-bond donors (Lipinski definition) is 0. The minimum Gasteiger partial charge on any atom is -0.311 e. The maximum absolute atomic E-state index is 10.6. The molecule has 0 radical (unpaired) electrons. The van der Waals surface area contributed by atoms with E-state index in [9.17, 15) is 31.5 Å². The molecule has 0 aromatic heterocycles. The summed E-state index contributed by atoms with van der Waals surface area (Å²) in [4.78, 5) is 2.97. The summed E-state index contributed by atoms with van der Waals surface area (Å²) >= 11 is 0. The number of anilines is 9. The van der Waals surface area contributed by atoms with Gasteiger partial charge in [0.05, 0.1) is 51.1 Å². The van der Waals surface area contributed by atoms with E-state index in [-0.39, 0.29) is 38.6 Å². The van der Waals surface area contributed by atoms with Crippen molar-refractivity contribution in [3.8, 4) is 11.1 Å². The summed E-state index contributed by atoms with van der Waals surface area (Å²) in [5.41, 5.74) is -12.6.